The van der Waals surface area contributed by atoms with E-state index in [9.17, 15) is 9.59 Å². The molecule has 0 aliphatic heterocycles. The van der Waals surface area contributed by atoms with Crippen LogP contribution in [0, 0.1) is 6.92 Å². The number of amides is 2. The van der Waals surface area contributed by atoms with Crippen molar-refractivity contribution in [2.45, 2.75) is 52.1 Å². The van der Waals surface area contributed by atoms with Crippen LogP contribution in [0.5, 0.6) is 5.75 Å². The second-order valence-corrected chi connectivity index (χ2v) is 9.28. The van der Waals surface area contributed by atoms with Crippen LogP contribution in [-0.4, -0.2) is 35.9 Å². The topological polar surface area (TPSA) is 58.6 Å². The van der Waals surface area contributed by atoms with Crippen LogP contribution in [0.2, 0.25) is 5.02 Å². The summed E-state index contributed by atoms with van der Waals surface area (Å²) in [7, 11) is 0. The van der Waals surface area contributed by atoms with E-state index in [1.165, 1.54) is 5.56 Å². The van der Waals surface area contributed by atoms with Gasteiger partial charge in [0.25, 0.3) is 0 Å². The summed E-state index contributed by atoms with van der Waals surface area (Å²) in [4.78, 5) is 28.6. The first-order chi connectivity index (χ1) is 17.5. The van der Waals surface area contributed by atoms with Gasteiger partial charge in [-0.3, -0.25) is 9.59 Å². The quantitative estimate of drug-likeness (QED) is 0.290. The number of ether oxygens (including phenoxy) is 1. The summed E-state index contributed by atoms with van der Waals surface area (Å²) >= 11 is 6.45. The van der Waals surface area contributed by atoms with Crippen molar-refractivity contribution in [2.75, 3.05) is 13.2 Å². The lowest BCUT2D eigenvalue weighted by Gasteiger charge is -2.32. The molecule has 0 spiro atoms. The van der Waals surface area contributed by atoms with E-state index in [1.54, 1.807) is 11.0 Å². The molecule has 3 aromatic rings. The largest absolute Gasteiger partial charge is 0.494 e. The Bertz CT molecular complexity index is 1100. The normalized spacial score (nSPS) is 11.5. The zero-order valence-electron chi connectivity index (χ0n) is 21.1. The highest BCUT2D eigenvalue weighted by atomic mass is 35.5. The molecule has 36 heavy (non-hydrogen) atoms. The molecule has 0 heterocycles. The van der Waals surface area contributed by atoms with Gasteiger partial charge in [0.15, 0.2) is 0 Å². The summed E-state index contributed by atoms with van der Waals surface area (Å²) in [5, 5.41) is 3.57. The highest BCUT2D eigenvalue weighted by Crippen LogP contribution is 2.21. The third-order valence-corrected chi connectivity index (χ3v) is 6.31. The van der Waals surface area contributed by atoms with E-state index in [0.29, 0.717) is 31.0 Å². The molecule has 0 aromatic heterocycles. The molecular formula is C30H35ClN2O3. The number of hydrogen-bond donors (Lipinski definition) is 1. The molecule has 0 bridgehead atoms. The highest BCUT2D eigenvalue weighted by molar-refractivity contribution is 6.31. The maximum Gasteiger partial charge on any atom is 0.243 e. The van der Waals surface area contributed by atoms with E-state index in [4.69, 9.17) is 16.3 Å². The average Bonchev–Trinajstić information content (AvgIpc) is 2.89. The molecular weight excluding hydrogens is 472 g/mol. The van der Waals surface area contributed by atoms with Gasteiger partial charge in [0.1, 0.15) is 11.8 Å². The first kappa shape index (κ1) is 27.3. The lowest BCUT2D eigenvalue weighted by molar-refractivity contribution is -0.141. The minimum absolute atomic E-state index is 0.102. The summed E-state index contributed by atoms with van der Waals surface area (Å²) in [6.07, 6.45) is 2.05. The lowest BCUT2D eigenvalue weighted by Crippen LogP contribution is -2.50. The van der Waals surface area contributed by atoms with Crippen molar-refractivity contribution in [1.29, 1.82) is 0 Å². The van der Waals surface area contributed by atoms with Gasteiger partial charge in [-0.1, -0.05) is 84.8 Å². The van der Waals surface area contributed by atoms with Gasteiger partial charge in [-0.2, -0.15) is 0 Å². The molecule has 0 fully saturated rings. The molecule has 3 aromatic carbocycles. The molecule has 1 atom stereocenters. The summed E-state index contributed by atoms with van der Waals surface area (Å²) in [5.41, 5.74) is 2.97. The van der Waals surface area contributed by atoms with Crippen LogP contribution < -0.4 is 10.1 Å². The van der Waals surface area contributed by atoms with E-state index in [-0.39, 0.29) is 24.8 Å². The SMILES string of the molecule is CCCNC(=O)[C@H](Cc1ccccc1)N(Cc1ccccc1Cl)C(=O)CCCOc1ccc(C)cc1. The fraction of sp³-hybridized carbons (Fsp3) is 0.333. The van der Waals surface area contributed by atoms with Gasteiger partial charge < -0.3 is 15.0 Å². The van der Waals surface area contributed by atoms with E-state index in [1.807, 2.05) is 86.6 Å². The third-order valence-electron chi connectivity index (χ3n) is 5.94. The number of carbonyl (C=O) groups excluding carboxylic acids is 2. The van der Waals surface area contributed by atoms with Crippen molar-refractivity contribution in [3.63, 3.8) is 0 Å². The molecule has 0 saturated carbocycles. The van der Waals surface area contributed by atoms with Gasteiger partial charge in [-0.15, -0.1) is 0 Å². The standard InChI is InChI=1S/C30H35ClN2O3/c1-3-19-32-30(35)28(21-24-10-5-4-6-11-24)33(22-25-12-7-8-13-27(25)31)29(34)14-9-20-36-26-17-15-23(2)16-18-26/h4-8,10-13,15-18,28H,3,9,14,19-22H2,1-2H3,(H,32,35)/t28-/m0/s1. The Hall–Kier alpha value is -3.31. The van der Waals surface area contributed by atoms with Gasteiger partial charge in [0, 0.05) is 31.0 Å². The predicted octanol–water partition coefficient (Wildman–Crippen LogP) is 5.97. The summed E-state index contributed by atoms with van der Waals surface area (Å²) in [5.74, 6) is 0.522. The van der Waals surface area contributed by atoms with Crippen molar-refractivity contribution in [3.8, 4) is 5.75 Å². The van der Waals surface area contributed by atoms with Crippen molar-refractivity contribution in [1.82, 2.24) is 10.2 Å². The highest BCUT2D eigenvalue weighted by Gasteiger charge is 2.30. The predicted molar refractivity (Wildman–Crippen MR) is 145 cm³/mol. The molecule has 1 N–H and O–H groups in total. The number of nitrogens with zero attached hydrogens (tertiary/aromatic N) is 1. The lowest BCUT2D eigenvalue weighted by atomic mass is 10.0. The maximum absolute atomic E-state index is 13.6. The zero-order chi connectivity index (χ0) is 25.8. The molecule has 0 radical (unpaired) electrons. The molecule has 3 rings (SSSR count). The zero-order valence-corrected chi connectivity index (χ0v) is 21.8. The van der Waals surface area contributed by atoms with Crippen molar-refractivity contribution in [3.05, 3.63) is 101 Å². The maximum atomic E-state index is 13.6. The van der Waals surface area contributed by atoms with Crippen LogP contribution in [0.4, 0.5) is 0 Å². The monoisotopic (exact) mass is 506 g/mol. The molecule has 0 aliphatic rings. The van der Waals surface area contributed by atoms with Crippen molar-refractivity contribution >= 4 is 23.4 Å². The van der Waals surface area contributed by atoms with Gasteiger partial charge >= 0.3 is 0 Å². The second kappa shape index (κ2) is 14.3. The molecule has 0 unspecified atom stereocenters. The Morgan fingerprint density at radius 1 is 0.972 bits per heavy atom. The van der Waals surface area contributed by atoms with Crippen molar-refractivity contribution in [2.24, 2.45) is 0 Å². The number of carbonyl (C=O) groups is 2. The Morgan fingerprint density at radius 3 is 2.36 bits per heavy atom. The molecule has 6 heteroatoms. The fourth-order valence-electron chi connectivity index (χ4n) is 3.92. The van der Waals surface area contributed by atoms with Crippen LogP contribution in [0.1, 0.15) is 42.9 Å². The minimum Gasteiger partial charge on any atom is -0.494 e. The summed E-state index contributed by atoms with van der Waals surface area (Å²) < 4.78 is 5.81. The Kier molecular flexibility index (Phi) is 10.8. The smallest absolute Gasteiger partial charge is 0.243 e. The number of aryl methyl sites for hydroxylation is 1. The van der Waals surface area contributed by atoms with Crippen LogP contribution >= 0.6 is 11.6 Å². The van der Waals surface area contributed by atoms with Crippen molar-refractivity contribution < 1.29 is 14.3 Å². The number of nitrogens with one attached hydrogen (secondary N) is 1. The second-order valence-electron chi connectivity index (χ2n) is 8.87. The summed E-state index contributed by atoms with van der Waals surface area (Å²) in [6.45, 7) is 5.27. The number of benzene rings is 3. The number of halogens is 1. The van der Waals surface area contributed by atoms with E-state index in [0.717, 1.165) is 23.3 Å². The average molecular weight is 507 g/mol. The van der Waals surface area contributed by atoms with E-state index in [2.05, 4.69) is 5.32 Å². The van der Waals surface area contributed by atoms with E-state index >= 15 is 0 Å². The Morgan fingerprint density at radius 2 is 1.67 bits per heavy atom. The molecule has 0 saturated heterocycles. The van der Waals surface area contributed by atoms with Crippen LogP contribution in [0.25, 0.3) is 0 Å². The molecule has 2 amide bonds. The van der Waals surface area contributed by atoms with Gasteiger partial charge in [0.05, 0.1) is 6.61 Å². The first-order valence-electron chi connectivity index (χ1n) is 12.5. The number of hydrogen-bond acceptors (Lipinski definition) is 3. The summed E-state index contributed by atoms with van der Waals surface area (Å²) in [6, 6.07) is 24.4. The van der Waals surface area contributed by atoms with Crippen LogP contribution in [-0.2, 0) is 22.6 Å². The first-order valence-corrected chi connectivity index (χ1v) is 12.9. The van der Waals surface area contributed by atoms with E-state index < -0.39 is 6.04 Å². The van der Waals surface area contributed by atoms with Gasteiger partial charge in [-0.05, 0) is 49.1 Å². The number of rotatable bonds is 13. The fourth-order valence-corrected chi connectivity index (χ4v) is 4.12. The molecule has 0 aliphatic carbocycles. The molecule has 5 nitrogen and oxygen atoms in total. The Labute approximate surface area is 219 Å². The third kappa shape index (κ3) is 8.42. The molecule has 190 valence electrons. The van der Waals surface area contributed by atoms with Crippen LogP contribution in [0.3, 0.4) is 0 Å². The van der Waals surface area contributed by atoms with Crippen LogP contribution in [0.15, 0.2) is 78.9 Å². The van der Waals surface area contributed by atoms with Gasteiger partial charge in [-0.25, -0.2) is 0 Å². The van der Waals surface area contributed by atoms with Gasteiger partial charge in [0.2, 0.25) is 11.8 Å². The minimum atomic E-state index is -0.652. The Balaban J connectivity index is 1.78.